The van der Waals surface area contributed by atoms with Gasteiger partial charge in [0.25, 0.3) is 5.89 Å². The minimum absolute atomic E-state index is 0.409. The van der Waals surface area contributed by atoms with Crippen molar-refractivity contribution in [3.63, 3.8) is 0 Å². The summed E-state index contributed by atoms with van der Waals surface area (Å²) in [5.41, 5.74) is 7.04. The molecule has 0 atom stereocenters. The number of nitrogens with zero attached hydrogens (tertiary/aromatic N) is 2. The van der Waals surface area contributed by atoms with Gasteiger partial charge < -0.3 is 10.3 Å². The summed E-state index contributed by atoms with van der Waals surface area (Å²) in [6.07, 6.45) is 0.726. The van der Waals surface area contributed by atoms with Crippen LogP contribution in [-0.4, -0.2) is 10.1 Å². The lowest BCUT2D eigenvalue weighted by Crippen LogP contribution is -1.90. The second-order valence-electron chi connectivity index (χ2n) is 3.10. The molecule has 0 saturated heterocycles. The molecule has 0 aliphatic carbocycles. The topological polar surface area (TPSA) is 64.9 Å². The molecule has 1 heterocycles. The van der Waals surface area contributed by atoms with Crippen LogP contribution < -0.4 is 5.73 Å². The Labute approximate surface area is 92.0 Å². The number of rotatable bonds is 2. The first-order valence-corrected chi connectivity index (χ1v) is 4.96. The van der Waals surface area contributed by atoms with E-state index in [2.05, 4.69) is 10.1 Å². The van der Waals surface area contributed by atoms with E-state index >= 15 is 0 Å². The number of benzene rings is 1. The van der Waals surface area contributed by atoms with Gasteiger partial charge in [0.1, 0.15) is 0 Å². The second-order valence-corrected chi connectivity index (χ2v) is 3.54. The molecule has 5 heteroatoms. The number of aryl methyl sites for hydroxylation is 1. The molecule has 0 radical (unpaired) electrons. The van der Waals surface area contributed by atoms with Crippen molar-refractivity contribution in [2.75, 3.05) is 5.73 Å². The van der Waals surface area contributed by atoms with Gasteiger partial charge in [-0.05, 0) is 18.2 Å². The molecule has 2 rings (SSSR count). The Morgan fingerprint density at radius 3 is 2.93 bits per heavy atom. The molecule has 15 heavy (non-hydrogen) atoms. The van der Waals surface area contributed by atoms with Crippen molar-refractivity contribution in [1.82, 2.24) is 10.1 Å². The highest BCUT2D eigenvalue weighted by Gasteiger charge is 2.11. The van der Waals surface area contributed by atoms with E-state index in [1.165, 1.54) is 0 Å². The van der Waals surface area contributed by atoms with Crippen molar-refractivity contribution in [3.05, 3.63) is 29.0 Å². The lowest BCUT2D eigenvalue weighted by atomic mass is 10.2. The number of nitrogen functional groups attached to an aromatic ring is 1. The van der Waals surface area contributed by atoms with E-state index in [1.807, 2.05) is 6.92 Å². The third-order valence-corrected chi connectivity index (χ3v) is 2.27. The van der Waals surface area contributed by atoms with E-state index in [4.69, 9.17) is 21.9 Å². The van der Waals surface area contributed by atoms with Crippen LogP contribution in [0.15, 0.2) is 22.7 Å². The highest BCUT2D eigenvalue weighted by atomic mass is 35.5. The molecule has 1 aromatic carbocycles. The zero-order valence-electron chi connectivity index (χ0n) is 8.20. The monoisotopic (exact) mass is 223 g/mol. The molecule has 78 valence electrons. The number of aromatic nitrogens is 2. The SMILES string of the molecule is CCc1noc(-c2cc(Cl)ccc2N)n1. The summed E-state index contributed by atoms with van der Waals surface area (Å²) in [4.78, 5) is 4.18. The number of nitrogens with two attached hydrogens (primary N) is 1. The van der Waals surface area contributed by atoms with Crippen molar-refractivity contribution >= 4 is 17.3 Å². The van der Waals surface area contributed by atoms with Gasteiger partial charge in [0.2, 0.25) is 0 Å². The number of anilines is 1. The molecule has 0 bridgehead atoms. The van der Waals surface area contributed by atoms with Crippen LogP contribution in [-0.2, 0) is 6.42 Å². The number of hydrogen-bond donors (Lipinski definition) is 1. The molecule has 2 N–H and O–H groups in total. The van der Waals surface area contributed by atoms with Gasteiger partial charge >= 0.3 is 0 Å². The van der Waals surface area contributed by atoms with Crippen LogP contribution in [0, 0.1) is 0 Å². The molecular formula is C10H10ClN3O. The first-order chi connectivity index (χ1) is 7.20. The van der Waals surface area contributed by atoms with Gasteiger partial charge in [-0.2, -0.15) is 4.98 Å². The van der Waals surface area contributed by atoms with Gasteiger partial charge in [-0.1, -0.05) is 23.7 Å². The Hall–Kier alpha value is -1.55. The zero-order chi connectivity index (χ0) is 10.8. The minimum atomic E-state index is 0.409. The smallest absolute Gasteiger partial charge is 0.260 e. The summed E-state index contributed by atoms with van der Waals surface area (Å²) in [5, 5.41) is 4.39. The fourth-order valence-electron chi connectivity index (χ4n) is 1.22. The van der Waals surface area contributed by atoms with Crippen molar-refractivity contribution in [1.29, 1.82) is 0 Å². The summed E-state index contributed by atoms with van der Waals surface area (Å²) in [7, 11) is 0. The lowest BCUT2D eigenvalue weighted by molar-refractivity contribution is 0.423. The van der Waals surface area contributed by atoms with Crippen molar-refractivity contribution in [3.8, 4) is 11.5 Å². The average molecular weight is 224 g/mol. The Bertz CT molecular complexity index is 481. The summed E-state index contributed by atoms with van der Waals surface area (Å²) in [5.74, 6) is 1.07. The average Bonchev–Trinajstić information content (AvgIpc) is 2.70. The van der Waals surface area contributed by atoms with Gasteiger partial charge in [0, 0.05) is 17.1 Å². The fraction of sp³-hybridized carbons (Fsp3) is 0.200. The molecule has 0 aliphatic heterocycles. The van der Waals surface area contributed by atoms with E-state index in [0.717, 1.165) is 6.42 Å². The van der Waals surface area contributed by atoms with Gasteiger partial charge in [-0.3, -0.25) is 0 Å². The minimum Gasteiger partial charge on any atom is -0.398 e. The van der Waals surface area contributed by atoms with Crippen molar-refractivity contribution < 1.29 is 4.52 Å². The molecule has 0 saturated carbocycles. The van der Waals surface area contributed by atoms with Crippen LogP contribution in [0.2, 0.25) is 5.02 Å². The van der Waals surface area contributed by atoms with Gasteiger partial charge in [0.05, 0.1) is 5.56 Å². The Kier molecular flexibility index (Phi) is 2.60. The third-order valence-electron chi connectivity index (χ3n) is 2.03. The molecule has 0 unspecified atom stereocenters. The molecule has 1 aromatic heterocycles. The predicted octanol–water partition coefficient (Wildman–Crippen LogP) is 2.53. The third kappa shape index (κ3) is 1.94. The van der Waals surface area contributed by atoms with Crippen LogP contribution in [0.3, 0.4) is 0 Å². The van der Waals surface area contributed by atoms with E-state index in [1.54, 1.807) is 18.2 Å². The van der Waals surface area contributed by atoms with Crippen LogP contribution in [0.25, 0.3) is 11.5 Å². The summed E-state index contributed by atoms with van der Waals surface area (Å²) < 4.78 is 5.08. The zero-order valence-corrected chi connectivity index (χ0v) is 8.95. The van der Waals surface area contributed by atoms with E-state index in [0.29, 0.717) is 28.0 Å². The molecule has 2 aromatic rings. The highest BCUT2D eigenvalue weighted by Crippen LogP contribution is 2.27. The molecule has 0 fully saturated rings. The number of halogens is 1. The molecule has 0 aliphatic rings. The summed E-state index contributed by atoms with van der Waals surface area (Å²) in [6, 6.07) is 5.15. The summed E-state index contributed by atoms with van der Waals surface area (Å²) >= 11 is 5.86. The standard InChI is InChI=1S/C10H10ClN3O/c1-2-9-13-10(15-14-9)7-5-6(11)3-4-8(7)12/h3-5H,2,12H2,1H3. The molecule has 0 spiro atoms. The maximum Gasteiger partial charge on any atom is 0.260 e. The molecule has 0 amide bonds. The number of hydrogen-bond acceptors (Lipinski definition) is 4. The van der Waals surface area contributed by atoms with Gasteiger partial charge in [-0.25, -0.2) is 0 Å². The highest BCUT2D eigenvalue weighted by molar-refractivity contribution is 6.31. The van der Waals surface area contributed by atoms with Crippen LogP contribution in [0.4, 0.5) is 5.69 Å². The van der Waals surface area contributed by atoms with Crippen LogP contribution >= 0.6 is 11.6 Å². The van der Waals surface area contributed by atoms with Gasteiger partial charge in [0.15, 0.2) is 5.82 Å². The first kappa shape index (κ1) is 9.98. The Morgan fingerprint density at radius 1 is 1.47 bits per heavy atom. The van der Waals surface area contributed by atoms with Crippen LogP contribution in [0.5, 0.6) is 0 Å². The van der Waals surface area contributed by atoms with Gasteiger partial charge in [-0.15, -0.1) is 0 Å². The molecular weight excluding hydrogens is 214 g/mol. The van der Waals surface area contributed by atoms with E-state index in [9.17, 15) is 0 Å². The maximum atomic E-state index is 5.86. The maximum absolute atomic E-state index is 5.86. The van der Waals surface area contributed by atoms with E-state index in [-0.39, 0.29) is 0 Å². The summed E-state index contributed by atoms with van der Waals surface area (Å²) in [6.45, 7) is 1.95. The Morgan fingerprint density at radius 2 is 2.27 bits per heavy atom. The lowest BCUT2D eigenvalue weighted by Gasteiger charge is -1.99. The largest absolute Gasteiger partial charge is 0.398 e. The van der Waals surface area contributed by atoms with E-state index < -0.39 is 0 Å². The molecule has 4 nitrogen and oxygen atoms in total. The normalized spacial score (nSPS) is 10.5. The predicted molar refractivity (Wildman–Crippen MR) is 58.5 cm³/mol. The van der Waals surface area contributed by atoms with Crippen LogP contribution in [0.1, 0.15) is 12.7 Å². The quantitative estimate of drug-likeness (QED) is 0.795. The van der Waals surface area contributed by atoms with Crippen molar-refractivity contribution in [2.24, 2.45) is 0 Å². The second kappa shape index (κ2) is 3.90. The van der Waals surface area contributed by atoms with Crippen molar-refractivity contribution in [2.45, 2.75) is 13.3 Å². The fourth-order valence-corrected chi connectivity index (χ4v) is 1.39. The Balaban J connectivity index is 2.48. The first-order valence-electron chi connectivity index (χ1n) is 4.58.